The molecule has 0 aromatic heterocycles. The minimum absolute atomic E-state index is 0.0554. The highest BCUT2D eigenvalue weighted by atomic mass is 35.5. The number of carbonyl (C=O) groups excluding carboxylic acids is 3. The molecule has 2 aromatic carbocycles. The van der Waals surface area contributed by atoms with Crippen molar-refractivity contribution in [3.63, 3.8) is 0 Å². The molecule has 0 unspecified atom stereocenters. The smallest absolute Gasteiger partial charge is 0.337 e. The number of amides is 2. The third kappa shape index (κ3) is 4.38. The van der Waals surface area contributed by atoms with Gasteiger partial charge in [-0.3, -0.25) is 9.59 Å². The molecular weight excluding hydrogens is 370 g/mol. The molecule has 0 atom stereocenters. The van der Waals surface area contributed by atoms with E-state index in [-0.39, 0.29) is 18.4 Å². The van der Waals surface area contributed by atoms with E-state index in [4.69, 9.17) is 11.6 Å². The Morgan fingerprint density at radius 3 is 2.67 bits per heavy atom. The SMILES string of the molecule is COC(=O)c1cccc(C(=O)Nc2ccc(N3CCNC(=O)C3)c(Cl)c2)c1. The van der Waals surface area contributed by atoms with Gasteiger partial charge in [-0.2, -0.15) is 0 Å². The number of esters is 1. The Bertz CT molecular complexity index is 900. The summed E-state index contributed by atoms with van der Waals surface area (Å²) in [7, 11) is 1.28. The van der Waals surface area contributed by atoms with Crippen LogP contribution in [0.5, 0.6) is 0 Å². The van der Waals surface area contributed by atoms with Crippen LogP contribution in [0.25, 0.3) is 0 Å². The fourth-order valence-electron chi connectivity index (χ4n) is 2.79. The number of piperazine rings is 1. The summed E-state index contributed by atoms with van der Waals surface area (Å²) in [6.07, 6.45) is 0. The van der Waals surface area contributed by atoms with Crippen LogP contribution in [0, 0.1) is 0 Å². The second-order valence-electron chi connectivity index (χ2n) is 5.96. The summed E-state index contributed by atoms with van der Waals surface area (Å²) in [6.45, 7) is 1.47. The van der Waals surface area contributed by atoms with E-state index in [1.165, 1.54) is 13.2 Å². The number of rotatable bonds is 4. The Morgan fingerprint density at radius 1 is 1.19 bits per heavy atom. The summed E-state index contributed by atoms with van der Waals surface area (Å²) in [5.74, 6) is -0.940. The van der Waals surface area contributed by atoms with Gasteiger partial charge in [0.05, 0.1) is 29.9 Å². The molecular formula is C19H18ClN3O4. The monoisotopic (exact) mass is 387 g/mol. The Labute approximate surface area is 161 Å². The standard InChI is InChI=1S/C19H18ClN3O4/c1-27-19(26)13-4-2-3-12(9-13)18(25)22-14-5-6-16(15(20)10-14)23-8-7-21-17(24)11-23/h2-6,9-10H,7-8,11H2,1H3,(H,21,24)(H,22,25). The van der Waals surface area contributed by atoms with Crippen LogP contribution in [0.3, 0.4) is 0 Å². The zero-order chi connectivity index (χ0) is 19.4. The van der Waals surface area contributed by atoms with Crippen LogP contribution in [0.4, 0.5) is 11.4 Å². The highest BCUT2D eigenvalue weighted by Crippen LogP contribution is 2.29. The molecule has 2 N–H and O–H groups in total. The maximum atomic E-state index is 12.4. The molecule has 0 aliphatic carbocycles. The van der Waals surface area contributed by atoms with Crippen LogP contribution in [0.1, 0.15) is 20.7 Å². The summed E-state index contributed by atoms with van der Waals surface area (Å²) < 4.78 is 4.66. The molecule has 1 aliphatic heterocycles. The summed E-state index contributed by atoms with van der Waals surface area (Å²) in [5.41, 5.74) is 1.86. The van der Waals surface area contributed by atoms with Crippen molar-refractivity contribution in [1.29, 1.82) is 0 Å². The lowest BCUT2D eigenvalue weighted by molar-refractivity contribution is -0.120. The quantitative estimate of drug-likeness (QED) is 0.786. The lowest BCUT2D eigenvalue weighted by atomic mass is 10.1. The van der Waals surface area contributed by atoms with Gasteiger partial charge >= 0.3 is 5.97 Å². The van der Waals surface area contributed by atoms with Gasteiger partial charge in [0.15, 0.2) is 0 Å². The lowest BCUT2D eigenvalue weighted by Crippen LogP contribution is -2.47. The average Bonchev–Trinajstić information content (AvgIpc) is 2.67. The van der Waals surface area contributed by atoms with E-state index in [0.29, 0.717) is 34.9 Å². The third-order valence-corrected chi connectivity index (χ3v) is 4.43. The van der Waals surface area contributed by atoms with Gasteiger partial charge in [0.2, 0.25) is 5.91 Å². The van der Waals surface area contributed by atoms with Gasteiger partial charge in [-0.05, 0) is 36.4 Å². The number of methoxy groups -OCH3 is 1. The molecule has 8 heteroatoms. The number of halogens is 1. The van der Waals surface area contributed by atoms with Gasteiger partial charge in [0.1, 0.15) is 0 Å². The van der Waals surface area contributed by atoms with Crippen molar-refractivity contribution in [3.05, 3.63) is 58.6 Å². The molecule has 3 rings (SSSR count). The maximum absolute atomic E-state index is 12.4. The molecule has 1 heterocycles. The number of anilines is 2. The topological polar surface area (TPSA) is 87.7 Å². The van der Waals surface area contributed by atoms with E-state index in [1.54, 1.807) is 36.4 Å². The van der Waals surface area contributed by atoms with Gasteiger partial charge < -0.3 is 20.3 Å². The van der Waals surface area contributed by atoms with Crippen LogP contribution in [0.2, 0.25) is 5.02 Å². The third-order valence-electron chi connectivity index (χ3n) is 4.13. The Balaban J connectivity index is 1.74. The summed E-state index contributed by atoms with van der Waals surface area (Å²) in [4.78, 5) is 37.5. The first-order valence-electron chi connectivity index (χ1n) is 8.29. The van der Waals surface area contributed by atoms with E-state index in [2.05, 4.69) is 15.4 Å². The molecule has 27 heavy (non-hydrogen) atoms. The van der Waals surface area contributed by atoms with Crippen molar-refractivity contribution in [2.75, 3.05) is 37.0 Å². The van der Waals surface area contributed by atoms with Gasteiger partial charge in [0, 0.05) is 24.3 Å². The second kappa shape index (κ2) is 8.09. The summed E-state index contributed by atoms with van der Waals surface area (Å²) in [6, 6.07) is 11.4. The van der Waals surface area contributed by atoms with Crippen molar-refractivity contribution < 1.29 is 19.1 Å². The second-order valence-corrected chi connectivity index (χ2v) is 6.37. The molecule has 1 saturated heterocycles. The summed E-state index contributed by atoms with van der Waals surface area (Å²) in [5, 5.41) is 5.94. The van der Waals surface area contributed by atoms with Crippen molar-refractivity contribution in [2.45, 2.75) is 0 Å². The van der Waals surface area contributed by atoms with Crippen LogP contribution in [-0.4, -0.2) is 44.5 Å². The van der Waals surface area contributed by atoms with E-state index in [1.807, 2.05) is 4.90 Å². The molecule has 140 valence electrons. The van der Waals surface area contributed by atoms with Crippen LogP contribution in [-0.2, 0) is 9.53 Å². The van der Waals surface area contributed by atoms with Crippen molar-refractivity contribution in [3.8, 4) is 0 Å². The predicted octanol–water partition coefficient (Wildman–Crippen LogP) is 2.32. The highest BCUT2D eigenvalue weighted by molar-refractivity contribution is 6.33. The lowest BCUT2D eigenvalue weighted by Gasteiger charge is -2.29. The maximum Gasteiger partial charge on any atom is 0.337 e. The van der Waals surface area contributed by atoms with Crippen LogP contribution in [0.15, 0.2) is 42.5 Å². The van der Waals surface area contributed by atoms with E-state index >= 15 is 0 Å². The molecule has 1 fully saturated rings. The molecule has 7 nitrogen and oxygen atoms in total. The van der Waals surface area contributed by atoms with E-state index in [0.717, 1.165) is 5.69 Å². The zero-order valence-corrected chi connectivity index (χ0v) is 15.4. The van der Waals surface area contributed by atoms with Gasteiger partial charge in [-0.15, -0.1) is 0 Å². The number of hydrogen-bond donors (Lipinski definition) is 2. The number of ether oxygens (including phenoxy) is 1. The minimum atomic E-state index is -0.511. The predicted molar refractivity (Wildman–Crippen MR) is 102 cm³/mol. The molecule has 2 amide bonds. The number of carbonyl (C=O) groups is 3. The van der Waals surface area contributed by atoms with Crippen molar-refractivity contribution in [2.24, 2.45) is 0 Å². The molecule has 1 aliphatic rings. The number of nitrogens with one attached hydrogen (secondary N) is 2. The highest BCUT2D eigenvalue weighted by Gasteiger charge is 2.19. The largest absolute Gasteiger partial charge is 0.465 e. The fraction of sp³-hybridized carbons (Fsp3) is 0.211. The molecule has 0 spiro atoms. The molecule has 0 bridgehead atoms. The van der Waals surface area contributed by atoms with E-state index < -0.39 is 5.97 Å². The van der Waals surface area contributed by atoms with Crippen LogP contribution < -0.4 is 15.5 Å². The molecule has 0 radical (unpaired) electrons. The Kier molecular flexibility index (Phi) is 5.61. The van der Waals surface area contributed by atoms with Gasteiger partial charge in [-0.25, -0.2) is 4.79 Å². The first-order chi connectivity index (χ1) is 13.0. The Morgan fingerprint density at radius 2 is 1.96 bits per heavy atom. The normalized spacial score (nSPS) is 13.7. The minimum Gasteiger partial charge on any atom is -0.465 e. The van der Waals surface area contributed by atoms with Gasteiger partial charge in [-0.1, -0.05) is 17.7 Å². The van der Waals surface area contributed by atoms with E-state index in [9.17, 15) is 14.4 Å². The molecule has 0 saturated carbocycles. The van der Waals surface area contributed by atoms with Crippen molar-refractivity contribution in [1.82, 2.24) is 5.32 Å². The Hall–Kier alpha value is -3.06. The zero-order valence-electron chi connectivity index (χ0n) is 14.6. The number of nitrogens with zero attached hydrogens (tertiary/aromatic N) is 1. The van der Waals surface area contributed by atoms with Gasteiger partial charge in [0.25, 0.3) is 5.91 Å². The average molecular weight is 388 g/mol. The first-order valence-corrected chi connectivity index (χ1v) is 8.66. The van der Waals surface area contributed by atoms with Crippen LogP contribution >= 0.6 is 11.6 Å². The number of benzene rings is 2. The summed E-state index contributed by atoms with van der Waals surface area (Å²) >= 11 is 6.34. The van der Waals surface area contributed by atoms with Crippen molar-refractivity contribution >= 4 is 40.8 Å². The number of hydrogen-bond acceptors (Lipinski definition) is 5. The fourth-order valence-corrected chi connectivity index (χ4v) is 3.09. The molecule has 2 aromatic rings. The first kappa shape index (κ1) is 18.7.